The predicted molar refractivity (Wildman–Crippen MR) is 111 cm³/mol. The van der Waals surface area contributed by atoms with E-state index in [1.807, 2.05) is 32.9 Å². The van der Waals surface area contributed by atoms with Crippen LogP contribution >= 0.6 is 0 Å². The standard InChI is InChI=1S/C21H33N3O3S/c1-15-13-16(2)20(17(3)14-15)28(26,27)24-11-5-18(6-12-24)21(25)22-19-7-9-23(4)10-8-19/h13-14,18-19H,5-12H2,1-4H3,(H,22,25). The average Bonchev–Trinajstić information content (AvgIpc) is 2.62. The number of hydrogen-bond donors (Lipinski definition) is 1. The second-order valence-corrected chi connectivity index (χ2v) is 10.4. The summed E-state index contributed by atoms with van der Waals surface area (Å²) in [5, 5.41) is 3.19. The van der Waals surface area contributed by atoms with Gasteiger partial charge in [-0.05, 0) is 77.7 Å². The Morgan fingerprint density at radius 3 is 2.04 bits per heavy atom. The number of nitrogens with zero attached hydrogens (tertiary/aromatic N) is 2. The van der Waals surface area contributed by atoms with Gasteiger partial charge in [-0.15, -0.1) is 0 Å². The fourth-order valence-electron chi connectivity index (χ4n) is 4.53. The van der Waals surface area contributed by atoms with Gasteiger partial charge in [-0.3, -0.25) is 4.79 Å². The van der Waals surface area contributed by atoms with Crippen LogP contribution in [0.25, 0.3) is 0 Å². The third-order valence-electron chi connectivity index (χ3n) is 6.09. The molecule has 0 radical (unpaired) electrons. The van der Waals surface area contributed by atoms with Gasteiger partial charge >= 0.3 is 0 Å². The van der Waals surface area contributed by atoms with Gasteiger partial charge in [-0.25, -0.2) is 8.42 Å². The molecule has 7 heteroatoms. The Hall–Kier alpha value is -1.44. The molecule has 28 heavy (non-hydrogen) atoms. The summed E-state index contributed by atoms with van der Waals surface area (Å²) in [7, 11) is -1.42. The van der Waals surface area contributed by atoms with Gasteiger partial charge in [-0.1, -0.05) is 17.7 Å². The van der Waals surface area contributed by atoms with Crippen molar-refractivity contribution in [2.24, 2.45) is 5.92 Å². The minimum Gasteiger partial charge on any atom is -0.353 e. The largest absolute Gasteiger partial charge is 0.353 e. The van der Waals surface area contributed by atoms with Crippen LogP contribution in [0.1, 0.15) is 42.4 Å². The van der Waals surface area contributed by atoms with Crippen LogP contribution in [-0.2, 0) is 14.8 Å². The molecule has 1 amide bonds. The molecule has 2 aliphatic rings. The molecular weight excluding hydrogens is 374 g/mol. The van der Waals surface area contributed by atoms with Crippen molar-refractivity contribution in [2.45, 2.75) is 57.4 Å². The summed E-state index contributed by atoms with van der Waals surface area (Å²) in [6, 6.07) is 4.09. The van der Waals surface area contributed by atoms with Crippen molar-refractivity contribution < 1.29 is 13.2 Å². The molecule has 0 atom stereocenters. The van der Waals surface area contributed by atoms with E-state index in [-0.39, 0.29) is 17.9 Å². The first kappa shape index (κ1) is 21.3. The van der Waals surface area contributed by atoms with Gasteiger partial charge in [0.1, 0.15) is 0 Å². The summed E-state index contributed by atoms with van der Waals surface area (Å²) in [4.78, 5) is 15.3. The summed E-state index contributed by atoms with van der Waals surface area (Å²) in [5.74, 6) is 0.000570. The molecule has 1 N–H and O–H groups in total. The zero-order valence-corrected chi connectivity index (χ0v) is 18.3. The second-order valence-electron chi connectivity index (χ2n) is 8.49. The van der Waals surface area contributed by atoms with Crippen LogP contribution in [0.15, 0.2) is 17.0 Å². The highest BCUT2D eigenvalue weighted by Crippen LogP contribution is 2.29. The molecule has 2 aliphatic heterocycles. The van der Waals surface area contributed by atoms with E-state index in [0.717, 1.165) is 42.6 Å². The Bertz CT molecular complexity index is 798. The van der Waals surface area contributed by atoms with Crippen LogP contribution in [0.3, 0.4) is 0 Å². The summed E-state index contributed by atoms with van der Waals surface area (Å²) < 4.78 is 27.9. The number of hydrogen-bond acceptors (Lipinski definition) is 4. The predicted octanol–water partition coefficient (Wildman–Crippen LogP) is 2.22. The van der Waals surface area contributed by atoms with Crippen molar-refractivity contribution in [3.63, 3.8) is 0 Å². The smallest absolute Gasteiger partial charge is 0.243 e. The van der Waals surface area contributed by atoms with Crippen molar-refractivity contribution in [3.8, 4) is 0 Å². The summed E-state index contributed by atoms with van der Waals surface area (Å²) >= 11 is 0. The molecule has 2 heterocycles. The molecule has 0 saturated carbocycles. The Kier molecular flexibility index (Phi) is 6.47. The maximum atomic E-state index is 13.2. The fraction of sp³-hybridized carbons (Fsp3) is 0.667. The minimum atomic E-state index is -3.53. The maximum absolute atomic E-state index is 13.2. The molecule has 0 aromatic heterocycles. The molecule has 2 fully saturated rings. The average molecular weight is 408 g/mol. The van der Waals surface area contributed by atoms with Crippen LogP contribution in [0.5, 0.6) is 0 Å². The SMILES string of the molecule is Cc1cc(C)c(S(=O)(=O)N2CCC(C(=O)NC3CCN(C)CC3)CC2)c(C)c1. The highest BCUT2D eigenvalue weighted by atomic mass is 32.2. The molecule has 0 spiro atoms. The summed E-state index contributed by atoms with van der Waals surface area (Å²) in [5.41, 5.74) is 2.65. The van der Waals surface area contributed by atoms with Gasteiger partial charge in [0.15, 0.2) is 0 Å². The van der Waals surface area contributed by atoms with Crippen LogP contribution in [0, 0.1) is 26.7 Å². The van der Waals surface area contributed by atoms with Gasteiger partial charge in [0, 0.05) is 25.0 Å². The quantitative estimate of drug-likeness (QED) is 0.831. The molecule has 0 unspecified atom stereocenters. The van der Waals surface area contributed by atoms with Gasteiger partial charge in [0.2, 0.25) is 15.9 Å². The molecule has 1 aromatic rings. The van der Waals surface area contributed by atoms with Crippen LogP contribution in [0.2, 0.25) is 0 Å². The van der Waals surface area contributed by atoms with Gasteiger partial charge in [-0.2, -0.15) is 4.31 Å². The van der Waals surface area contributed by atoms with Crippen LogP contribution in [-0.4, -0.2) is 62.8 Å². The number of amides is 1. The van der Waals surface area contributed by atoms with Crippen molar-refractivity contribution in [2.75, 3.05) is 33.2 Å². The summed E-state index contributed by atoms with van der Waals surface area (Å²) in [6.07, 6.45) is 3.15. The molecule has 6 nitrogen and oxygen atoms in total. The molecule has 1 aromatic carbocycles. The van der Waals surface area contributed by atoms with Gasteiger partial charge in [0.25, 0.3) is 0 Å². The van der Waals surface area contributed by atoms with Crippen molar-refractivity contribution >= 4 is 15.9 Å². The normalized spacial score (nSPS) is 21.0. The highest BCUT2D eigenvalue weighted by Gasteiger charge is 2.34. The highest BCUT2D eigenvalue weighted by molar-refractivity contribution is 7.89. The van der Waals surface area contributed by atoms with E-state index in [1.165, 1.54) is 0 Å². The first-order valence-electron chi connectivity index (χ1n) is 10.3. The van der Waals surface area contributed by atoms with Crippen molar-refractivity contribution in [1.29, 1.82) is 0 Å². The monoisotopic (exact) mass is 407 g/mol. The van der Waals surface area contributed by atoms with Crippen LogP contribution in [0.4, 0.5) is 0 Å². The number of piperidine rings is 2. The molecule has 2 saturated heterocycles. The third-order valence-corrected chi connectivity index (χ3v) is 8.30. The van der Waals surface area contributed by atoms with Gasteiger partial charge < -0.3 is 10.2 Å². The Morgan fingerprint density at radius 2 is 1.50 bits per heavy atom. The van der Waals surface area contributed by atoms with E-state index >= 15 is 0 Å². The van der Waals surface area contributed by atoms with E-state index in [2.05, 4.69) is 17.3 Å². The lowest BCUT2D eigenvalue weighted by Crippen LogP contribution is -2.48. The van der Waals surface area contributed by atoms with Crippen LogP contribution < -0.4 is 5.32 Å². The maximum Gasteiger partial charge on any atom is 0.243 e. The van der Waals surface area contributed by atoms with E-state index < -0.39 is 10.0 Å². The zero-order chi connectivity index (χ0) is 20.5. The number of carbonyl (C=O) groups is 1. The second kappa shape index (κ2) is 8.51. The zero-order valence-electron chi connectivity index (χ0n) is 17.5. The molecule has 156 valence electrons. The first-order valence-corrected chi connectivity index (χ1v) is 11.7. The molecule has 0 bridgehead atoms. The number of benzene rings is 1. The topological polar surface area (TPSA) is 69.7 Å². The number of nitrogens with one attached hydrogen (secondary N) is 1. The van der Waals surface area contributed by atoms with Crippen molar-refractivity contribution in [3.05, 3.63) is 28.8 Å². The van der Waals surface area contributed by atoms with Crippen molar-refractivity contribution in [1.82, 2.24) is 14.5 Å². The number of sulfonamides is 1. The molecular formula is C21H33N3O3S. The Balaban J connectivity index is 1.61. The Labute approximate surface area is 169 Å². The fourth-order valence-corrected chi connectivity index (χ4v) is 6.41. The first-order chi connectivity index (χ1) is 13.2. The lowest BCUT2D eigenvalue weighted by atomic mass is 9.96. The van der Waals surface area contributed by atoms with E-state index in [1.54, 1.807) is 4.31 Å². The third kappa shape index (κ3) is 4.58. The molecule has 0 aliphatic carbocycles. The number of rotatable bonds is 4. The number of likely N-dealkylation sites (tertiary alicyclic amines) is 1. The Morgan fingerprint density at radius 1 is 0.964 bits per heavy atom. The lowest BCUT2D eigenvalue weighted by molar-refractivity contribution is -0.127. The van der Waals surface area contributed by atoms with E-state index in [4.69, 9.17) is 0 Å². The number of carbonyl (C=O) groups excluding carboxylic acids is 1. The summed E-state index contributed by atoms with van der Waals surface area (Å²) in [6.45, 7) is 8.52. The minimum absolute atomic E-state index is 0.0914. The number of aryl methyl sites for hydroxylation is 3. The molecule has 3 rings (SSSR count). The van der Waals surface area contributed by atoms with E-state index in [0.29, 0.717) is 30.8 Å². The lowest BCUT2D eigenvalue weighted by Gasteiger charge is -2.34. The van der Waals surface area contributed by atoms with Gasteiger partial charge in [0.05, 0.1) is 4.90 Å². The van der Waals surface area contributed by atoms with E-state index in [9.17, 15) is 13.2 Å².